The van der Waals surface area contributed by atoms with Crippen LogP contribution < -0.4 is 9.47 Å². The quantitative estimate of drug-likeness (QED) is 0.195. The summed E-state index contributed by atoms with van der Waals surface area (Å²) in [6.45, 7) is 7.74. The van der Waals surface area contributed by atoms with Gasteiger partial charge in [-0.2, -0.15) is 0 Å². The van der Waals surface area contributed by atoms with E-state index < -0.39 is 128 Å². The number of hydrogen-bond donors (Lipinski definition) is 0. The number of carbonyl (C=O) groups excluding carboxylic acids is 8. The van der Waals surface area contributed by atoms with Crippen LogP contribution in [0.4, 0.5) is 0 Å². The largest absolute Gasteiger partial charge is 0.496 e. The van der Waals surface area contributed by atoms with Gasteiger partial charge in [-0.3, -0.25) is 33.6 Å². The van der Waals surface area contributed by atoms with Crippen LogP contribution in [-0.4, -0.2) is 129 Å². The van der Waals surface area contributed by atoms with Crippen LogP contribution in [0.5, 0.6) is 11.5 Å². The Morgan fingerprint density at radius 2 is 1.08 bits per heavy atom. The molecule has 332 valence electrons. The van der Waals surface area contributed by atoms with E-state index in [2.05, 4.69) is 0 Å². The Balaban J connectivity index is 1.62. The van der Waals surface area contributed by atoms with E-state index in [9.17, 15) is 38.4 Å². The molecule has 21 heteroatoms. The molecule has 0 aromatic heterocycles. The first-order valence-electron chi connectivity index (χ1n) is 18.9. The minimum Gasteiger partial charge on any atom is -0.496 e. The lowest BCUT2D eigenvalue weighted by atomic mass is 9.96. The summed E-state index contributed by atoms with van der Waals surface area (Å²) in [6.07, 6.45) is -17.0. The van der Waals surface area contributed by atoms with Crippen molar-refractivity contribution in [3.63, 3.8) is 0 Å². The topological polar surface area (TPSA) is 257 Å². The van der Waals surface area contributed by atoms with Crippen LogP contribution >= 0.6 is 0 Å². The molecule has 2 aromatic carbocycles. The summed E-state index contributed by atoms with van der Waals surface area (Å²) in [7, 11) is 1.41. The van der Waals surface area contributed by atoms with Crippen molar-refractivity contribution >= 4 is 58.5 Å². The molecule has 0 radical (unpaired) electrons. The minimum atomic E-state index is -1.74. The van der Waals surface area contributed by atoms with E-state index in [1.54, 1.807) is 31.2 Å². The zero-order chi connectivity index (χ0) is 44.9. The molecule has 3 aliphatic heterocycles. The molecule has 0 spiro atoms. The van der Waals surface area contributed by atoms with Gasteiger partial charge in [0, 0.05) is 54.0 Å². The Bertz CT molecular complexity index is 2050. The number of rotatable bonds is 14. The third-order valence-corrected chi connectivity index (χ3v) is 9.35. The fourth-order valence-electron chi connectivity index (χ4n) is 7.26. The van der Waals surface area contributed by atoms with Crippen molar-refractivity contribution < 1.29 is 99.9 Å². The number of methoxy groups -OCH3 is 1. The number of benzene rings is 2. The average Bonchev–Trinajstić information content (AvgIpc) is 3.44. The summed E-state index contributed by atoms with van der Waals surface area (Å²) in [4.78, 5) is 100.0. The molecule has 3 aliphatic rings. The zero-order valence-corrected chi connectivity index (χ0v) is 34.6. The van der Waals surface area contributed by atoms with Crippen molar-refractivity contribution in [2.24, 2.45) is 0 Å². The molecule has 21 nitrogen and oxygen atoms in total. The second-order valence-electron chi connectivity index (χ2n) is 14.1. The second kappa shape index (κ2) is 19.5. The van der Waals surface area contributed by atoms with Crippen LogP contribution in [0, 0.1) is 0 Å². The van der Waals surface area contributed by atoms with Gasteiger partial charge in [-0.1, -0.05) is 12.1 Å². The summed E-state index contributed by atoms with van der Waals surface area (Å²) >= 11 is 0. The first-order chi connectivity index (χ1) is 28.8. The molecule has 0 saturated carbocycles. The molecule has 61 heavy (non-hydrogen) atoms. The smallest absolute Gasteiger partial charge is 0.339 e. The van der Waals surface area contributed by atoms with Gasteiger partial charge in [0.25, 0.3) is 0 Å². The molecule has 0 N–H and O–H groups in total. The molecule has 2 fully saturated rings. The van der Waals surface area contributed by atoms with Gasteiger partial charge in [-0.25, -0.2) is 4.79 Å². The minimum absolute atomic E-state index is 0.0113. The van der Waals surface area contributed by atoms with Crippen LogP contribution in [0.2, 0.25) is 0 Å². The van der Waals surface area contributed by atoms with Crippen LogP contribution in [0.25, 0.3) is 10.8 Å². The average molecular weight is 863 g/mol. The van der Waals surface area contributed by atoms with Gasteiger partial charge in [-0.15, -0.1) is 0 Å². The molecule has 0 unspecified atom stereocenters. The molecule has 0 amide bonds. The first-order valence-corrected chi connectivity index (χ1v) is 18.9. The van der Waals surface area contributed by atoms with Gasteiger partial charge in [-0.05, 0) is 24.4 Å². The molecular formula is C40H46O21. The van der Waals surface area contributed by atoms with E-state index in [1.807, 2.05) is 0 Å². The molecular weight excluding hydrogens is 816 g/mol. The lowest BCUT2D eigenvalue weighted by Gasteiger charge is -2.46. The maximum absolute atomic E-state index is 13.0. The van der Waals surface area contributed by atoms with Crippen molar-refractivity contribution in [2.45, 2.75) is 123 Å². The van der Waals surface area contributed by atoms with E-state index in [1.165, 1.54) is 7.11 Å². The second-order valence-corrected chi connectivity index (χ2v) is 14.1. The van der Waals surface area contributed by atoms with E-state index >= 15 is 0 Å². The van der Waals surface area contributed by atoms with Crippen molar-refractivity contribution in [3.8, 4) is 11.5 Å². The number of ether oxygens (including phenoxy) is 13. The van der Waals surface area contributed by atoms with Crippen molar-refractivity contribution in [2.75, 3.05) is 20.3 Å². The molecule has 0 bridgehead atoms. The predicted octanol–water partition coefficient (Wildman–Crippen LogP) is 2.08. The third-order valence-electron chi connectivity index (χ3n) is 9.35. The Hall–Kier alpha value is -6.06. The molecule has 11 atom stereocenters. The van der Waals surface area contributed by atoms with E-state index in [0.29, 0.717) is 16.5 Å². The third kappa shape index (κ3) is 10.8. The summed E-state index contributed by atoms with van der Waals surface area (Å²) in [5.41, 5.74) is 0.435. The van der Waals surface area contributed by atoms with Crippen LogP contribution in [0.15, 0.2) is 24.3 Å². The highest BCUT2D eigenvalue weighted by Crippen LogP contribution is 2.47. The predicted molar refractivity (Wildman–Crippen MR) is 198 cm³/mol. The number of esters is 8. The Kier molecular flexibility index (Phi) is 14.7. The number of hydrogen-bond acceptors (Lipinski definition) is 21. The van der Waals surface area contributed by atoms with E-state index in [-0.39, 0.29) is 16.9 Å². The molecule has 3 heterocycles. The summed E-state index contributed by atoms with van der Waals surface area (Å²) in [5.74, 6) is -6.43. The maximum atomic E-state index is 13.0. The van der Waals surface area contributed by atoms with Gasteiger partial charge in [0.2, 0.25) is 12.4 Å². The van der Waals surface area contributed by atoms with E-state index in [0.717, 1.165) is 48.5 Å². The maximum Gasteiger partial charge on any atom is 0.339 e. The van der Waals surface area contributed by atoms with Crippen molar-refractivity contribution in [1.29, 1.82) is 0 Å². The number of carbonyl (C=O) groups is 8. The fourth-order valence-corrected chi connectivity index (χ4v) is 7.26. The summed E-state index contributed by atoms with van der Waals surface area (Å²) in [6, 6.07) is 6.61. The van der Waals surface area contributed by atoms with Gasteiger partial charge in [0.05, 0.1) is 24.7 Å². The fraction of sp³-hybridized carbons (Fsp3) is 0.550. The Labute approximate surface area is 348 Å². The monoisotopic (exact) mass is 862 g/mol. The normalized spacial score (nSPS) is 28.0. The standard InChI is InChI=1S/C40H46O21/c1-16-29-25(38(48)52-16)13-24-11-10-12-26(49-9)30(24)33(29)61-40-37(58-23(8)47)35(56-21(6)45)32(54-19(4)43)28(60-40)15-51-39-36(57-22(7)46)34(55-20(5)44)31(53-18(3)42)27(59-39)14-50-17(2)41/h10-13,16,27-28,31-32,34-37,39-40H,14-15H2,1-9H3/t16-,27+,28+,31+,32+,34-,35-,36+,37+,39+,40-/m0/s1. The highest BCUT2D eigenvalue weighted by molar-refractivity contribution is 6.04. The van der Waals surface area contributed by atoms with E-state index in [4.69, 9.17) is 61.6 Å². The van der Waals surface area contributed by atoms with Gasteiger partial charge in [0.15, 0.2) is 36.8 Å². The zero-order valence-electron chi connectivity index (χ0n) is 34.6. The van der Waals surface area contributed by atoms with Gasteiger partial charge < -0.3 is 61.6 Å². The lowest BCUT2D eigenvalue weighted by Crippen LogP contribution is -2.65. The SMILES string of the molecule is COc1cccc2cc3c(c(O[C@@H]4O[C@H](CO[C@@H]5O[C@H](COC(C)=O)[C@@H](OC(C)=O)[C@H](OC(C)=O)[C@H]5OC(C)=O)[C@@H](OC(C)=O)[C@H](OC(C)=O)[C@H]4OC(C)=O)c12)[C@H](C)OC3=O. The highest BCUT2D eigenvalue weighted by atomic mass is 16.8. The van der Waals surface area contributed by atoms with Crippen molar-refractivity contribution in [3.05, 3.63) is 35.4 Å². The summed E-state index contributed by atoms with van der Waals surface area (Å²) in [5, 5.41) is 0.840. The van der Waals surface area contributed by atoms with Crippen molar-refractivity contribution in [1.82, 2.24) is 0 Å². The number of fused-ring (bicyclic) bond motifs is 2. The van der Waals surface area contributed by atoms with Crippen LogP contribution in [0.1, 0.15) is 77.4 Å². The van der Waals surface area contributed by atoms with Crippen LogP contribution in [0.3, 0.4) is 0 Å². The Morgan fingerprint density at radius 3 is 1.59 bits per heavy atom. The molecule has 5 rings (SSSR count). The molecule has 2 aromatic rings. The summed E-state index contributed by atoms with van der Waals surface area (Å²) < 4.78 is 74.9. The van der Waals surface area contributed by atoms with Crippen LogP contribution in [-0.2, 0) is 85.7 Å². The molecule has 0 aliphatic carbocycles. The van der Waals surface area contributed by atoms with Gasteiger partial charge in [0.1, 0.15) is 36.4 Å². The number of cyclic esters (lactones) is 1. The molecule has 2 saturated heterocycles. The first kappa shape index (κ1) is 46.0. The van der Waals surface area contributed by atoms with Gasteiger partial charge >= 0.3 is 47.8 Å². The highest BCUT2D eigenvalue weighted by Gasteiger charge is 2.56. The lowest BCUT2D eigenvalue weighted by molar-refractivity contribution is -0.327. The Morgan fingerprint density at radius 1 is 0.607 bits per heavy atom.